The maximum absolute atomic E-state index is 6.01. The van der Waals surface area contributed by atoms with E-state index in [-0.39, 0.29) is 0 Å². The molecule has 1 N–H and O–H groups in total. The minimum Gasteiger partial charge on any atom is -0.391 e. The Bertz CT molecular complexity index is 1340. The van der Waals surface area contributed by atoms with Crippen molar-refractivity contribution in [2.24, 2.45) is 5.16 Å². The van der Waals surface area contributed by atoms with Crippen molar-refractivity contribution in [3.63, 3.8) is 0 Å². The molecule has 4 aromatic rings. The summed E-state index contributed by atoms with van der Waals surface area (Å²) >= 11 is 5.90. The first-order valence-corrected chi connectivity index (χ1v) is 11.9. The average molecular weight is 454 g/mol. The minimum absolute atomic E-state index is 0.420. The number of thiocarbonyl (C=S) groups is 1. The summed E-state index contributed by atoms with van der Waals surface area (Å²) in [5.74, 6) is 0. The van der Waals surface area contributed by atoms with E-state index in [1.54, 1.807) is 0 Å². The van der Waals surface area contributed by atoms with E-state index in [0.29, 0.717) is 6.61 Å². The number of hydrogen-bond acceptors (Lipinski definition) is 4. The molecule has 1 atom stereocenters. The summed E-state index contributed by atoms with van der Waals surface area (Å²) in [6.07, 6.45) is 5.85. The molecular formula is C28H27N3OS. The second-order valence-corrected chi connectivity index (χ2v) is 8.97. The Morgan fingerprint density at radius 3 is 2.70 bits per heavy atom. The number of pyridine rings is 1. The molecule has 1 aliphatic rings. The lowest BCUT2D eigenvalue weighted by Crippen LogP contribution is -2.50. The lowest BCUT2D eigenvalue weighted by atomic mass is 9.68. The Morgan fingerprint density at radius 2 is 1.82 bits per heavy atom. The number of fused-ring (bicyclic) bond motifs is 2. The molecule has 4 nitrogen and oxygen atoms in total. The van der Waals surface area contributed by atoms with Crippen LogP contribution in [-0.2, 0) is 16.9 Å². The van der Waals surface area contributed by atoms with Gasteiger partial charge in [-0.3, -0.25) is 4.98 Å². The van der Waals surface area contributed by atoms with E-state index in [4.69, 9.17) is 27.2 Å². The van der Waals surface area contributed by atoms with Crippen molar-refractivity contribution in [3.05, 3.63) is 90.1 Å². The number of nitrogens with one attached hydrogen (secondary N) is 1. The molecule has 1 aromatic heterocycles. The summed E-state index contributed by atoms with van der Waals surface area (Å²) in [7, 11) is 1.89. The number of hydrogen-bond donors (Lipinski definition) is 1. The first-order chi connectivity index (χ1) is 16.2. The van der Waals surface area contributed by atoms with Gasteiger partial charge >= 0.3 is 0 Å². The van der Waals surface area contributed by atoms with Crippen molar-refractivity contribution in [1.29, 1.82) is 0 Å². The Morgan fingerprint density at radius 1 is 1.03 bits per heavy atom. The maximum Gasteiger partial charge on any atom is 0.142 e. The molecular weight excluding hydrogens is 426 g/mol. The van der Waals surface area contributed by atoms with E-state index >= 15 is 0 Å². The summed E-state index contributed by atoms with van der Waals surface area (Å²) in [5, 5.41) is 11.5. The highest BCUT2D eigenvalue weighted by molar-refractivity contribution is 7.80. The molecule has 0 saturated heterocycles. The van der Waals surface area contributed by atoms with Crippen molar-refractivity contribution in [1.82, 2.24) is 10.3 Å². The van der Waals surface area contributed by atoms with Gasteiger partial charge < -0.3 is 10.2 Å². The van der Waals surface area contributed by atoms with Crippen LogP contribution in [0.3, 0.4) is 0 Å². The molecule has 0 radical (unpaired) electrons. The maximum atomic E-state index is 6.01. The zero-order chi connectivity index (χ0) is 22.7. The topological polar surface area (TPSA) is 46.5 Å². The van der Waals surface area contributed by atoms with Gasteiger partial charge in [0.25, 0.3) is 0 Å². The van der Waals surface area contributed by atoms with Crippen molar-refractivity contribution in [3.8, 4) is 0 Å². The van der Waals surface area contributed by atoms with E-state index in [0.717, 1.165) is 58.4 Å². The van der Waals surface area contributed by atoms with E-state index < -0.39 is 5.41 Å². The van der Waals surface area contributed by atoms with Crippen LogP contribution in [0, 0.1) is 0 Å². The minimum atomic E-state index is -0.502. The van der Waals surface area contributed by atoms with Crippen molar-refractivity contribution < 1.29 is 4.84 Å². The van der Waals surface area contributed by atoms with Crippen LogP contribution in [-0.4, -0.2) is 22.7 Å². The van der Waals surface area contributed by atoms with Gasteiger partial charge in [0.15, 0.2) is 0 Å². The standard InChI is InChI=1S/C28H27N3OS/c1-29-27(33)28(23-17-21-10-3-5-14-25(21)30-18-23)16-7-6-15-26(28)31-32-19-22-12-8-11-20-9-2-4-13-24(20)22/h2-5,8-14,17-18H,6-7,15-16,19H2,1H3,(H,29,33). The average Bonchev–Trinajstić information content (AvgIpc) is 2.88. The zero-order valence-corrected chi connectivity index (χ0v) is 19.6. The molecule has 1 saturated carbocycles. The lowest BCUT2D eigenvalue weighted by molar-refractivity contribution is 0.128. The highest BCUT2D eigenvalue weighted by Crippen LogP contribution is 2.39. The van der Waals surface area contributed by atoms with Gasteiger partial charge in [0.1, 0.15) is 6.61 Å². The Kier molecular flexibility index (Phi) is 6.05. The molecule has 166 valence electrons. The summed E-state index contributed by atoms with van der Waals surface area (Å²) < 4.78 is 0. The molecule has 0 bridgehead atoms. The van der Waals surface area contributed by atoms with Gasteiger partial charge in [0.05, 0.1) is 21.6 Å². The summed E-state index contributed by atoms with van der Waals surface area (Å²) in [6.45, 7) is 0.420. The number of rotatable bonds is 5. The molecule has 5 rings (SSSR count). The molecule has 0 spiro atoms. The van der Waals surface area contributed by atoms with E-state index in [9.17, 15) is 0 Å². The highest BCUT2D eigenvalue weighted by atomic mass is 32.1. The Balaban J connectivity index is 1.52. The van der Waals surface area contributed by atoms with Crippen LogP contribution in [0.5, 0.6) is 0 Å². The molecule has 0 amide bonds. The Hall–Kier alpha value is -3.31. The van der Waals surface area contributed by atoms with Crippen molar-refractivity contribution in [2.75, 3.05) is 7.05 Å². The first kappa shape index (κ1) is 21.5. The number of likely N-dealkylation sites (N-methyl/N-ethyl adjacent to an activating group) is 1. The summed E-state index contributed by atoms with van der Waals surface area (Å²) in [6, 6.07) is 25.0. The summed E-state index contributed by atoms with van der Waals surface area (Å²) in [4.78, 5) is 11.5. The fourth-order valence-electron chi connectivity index (χ4n) is 4.97. The second-order valence-electron chi connectivity index (χ2n) is 8.56. The van der Waals surface area contributed by atoms with Gasteiger partial charge in [0, 0.05) is 18.6 Å². The molecule has 5 heteroatoms. The predicted octanol–water partition coefficient (Wildman–Crippen LogP) is 6.32. The third kappa shape index (κ3) is 3.98. The van der Waals surface area contributed by atoms with Gasteiger partial charge in [0.2, 0.25) is 0 Å². The highest BCUT2D eigenvalue weighted by Gasteiger charge is 2.44. The van der Waals surface area contributed by atoms with E-state index in [1.807, 2.05) is 31.4 Å². The van der Waals surface area contributed by atoms with E-state index in [2.05, 4.69) is 59.9 Å². The van der Waals surface area contributed by atoms with Crippen molar-refractivity contribution >= 4 is 44.6 Å². The lowest BCUT2D eigenvalue weighted by Gasteiger charge is -2.38. The molecule has 1 heterocycles. The predicted molar refractivity (Wildman–Crippen MR) is 140 cm³/mol. The van der Waals surface area contributed by atoms with Crippen LogP contribution in [0.4, 0.5) is 0 Å². The van der Waals surface area contributed by atoms with Gasteiger partial charge in [-0.25, -0.2) is 0 Å². The van der Waals surface area contributed by atoms with Crippen LogP contribution < -0.4 is 5.32 Å². The number of nitrogens with zero attached hydrogens (tertiary/aromatic N) is 2. The van der Waals surface area contributed by atoms with Crippen LogP contribution in [0.25, 0.3) is 21.7 Å². The van der Waals surface area contributed by atoms with Gasteiger partial charge in [-0.05, 0) is 53.3 Å². The Labute approximate surface area is 199 Å². The largest absolute Gasteiger partial charge is 0.391 e. The first-order valence-electron chi connectivity index (χ1n) is 11.5. The van der Waals surface area contributed by atoms with Crippen LogP contribution in [0.15, 0.2) is 84.1 Å². The second kappa shape index (κ2) is 9.28. The fraction of sp³-hybridized carbons (Fsp3) is 0.250. The van der Waals surface area contributed by atoms with Gasteiger partial charge in [-0.1, -0.05) is 84.5 Å². The van der Waals surface area contributed by atoms with Crippen LogP contribution >= 0.6 is 12.2 Å². The van der Waals surface area contributed by atoms with Crippen LogP contribution in [0.2, 0.25) is 0 Å². The number of oxime groups is 1. The van der Waals surface area contributed by atoms with Crippen molar-refractivity contribution in [2.45, 2.75) is 37.7 Å². The number of para-hydroxylation sites is 1. The van der Waals surface area contributed by atoms with Crippen LogP contribution in [0.1, 0.15) is 36.8 Å². The quantitative estimate of drug-likeness (QED) is 0.284. The molecule has 1 fully saturated rings. The number of benzene rings is 3. The third-order valence-corrected chi connectivity index (χ3v) is 7.23. The smallest absolute Gasteiger partial charge is 0.142 e. The molecule has 3 aromatic carbocycles. The SMILES string of the molecule is CNC(=S)C1(c2cnc3ccccc3c2)CCCCC1=NOCc1cccc2ccccc12. The van der Waals surface area contributed by atoms with E-state index in [1.165, 1.54) is 10.8 Å². The third-order valence-electron chi connectivity index (χ3n) is 6.68. The molecule has 1 aliphatic carbocycles. The summed E-state index contributed by atoms with van der Waals surface area (Å²) in [5.41, 5.74) is 3.66. The molecule has 0 aliphatic heterocycles. The monoisotopic (exact) mass is 453 g/mol. The number of aromatic nitrogens is 1. The fourth-order valence-corrected chi connectivity index (χ4v) is 5.30. The zero-order valence-electron chi connectivity index (χ0n) is 18.8. The van der Waals surface area contributed by atoms with Gasteiger partial charge in [-0.15, -0.1) is 0 Å². The molecule has 1 unspecified atom stereocenters. The molecule has 33 heavy (non-hydrogen) atoms. The van der Waals surface area contributed by atoms with Gasteiger partial charge in [-0.2, -0.15) is 0 Å². The normalized spacial score (nSPS) is 19.6.